The van der Waals surface area contributed by atoms with Gasteiger partial charge in [-0.1, -0.05) is 250 Å². The number of ether oxygens (including phenoxy) is 2. The molecule has 0 radical (unpaired) electrons. The van der Waals surface area contributed by atoms with Crippen molar-refractivity contribution in [2.24, 2.45) is 0 Å². The second-order valence-electron chi connectivity index (χ2n) is 21.7. The van der Waals surface area contributed by atoms with E-state index in [4.69, 9.17) is 18.5 Å². The van der Waals surface area contributed by atoms with Gasteiger partial charge >= 0.3 is 19.8 Å². The fourth-order valence-corrected chi connectivity index (χ4v) is 8.82. The van der Waals surface area contributed by atoms with Crippen LogP contribution in [0.2, 0.25) is 0 Å². The number of esters is 2. The first kappa shape index (κ1) is 75.2. The predicted octanol–water partition coefficient (Wildman–Crippen LogP) is 20.1. The maximum Gasteiger partial charge on any atom is 0.472 e. The Morgan fingerprint density at radius 1 is 0.405 bits per heavy atom. The lowest BCUT2D eigenvalue weighted by molar-refractivity contribution is -0.870. The van der Waals surface area contributed by atoms with Crippen LogP contribution in [0.25, 0.3) is 0 Å². The first-order valence-electron chi connectivity index (χ1n) is 31.4. The van der Waals surface area contributed by atoms with E-state index < -0.39 is 26.5 Å². The molecule has 2 unspecified atom stereocenters. The van der Waals surface area contributed by atoms with Crippen LogP contribution in [0.5, 0.6) is 0 Å². The molecular weight excluding hydrogens is 1000 g/mol. The number of likely N-dealkylation sites (N-methyl/N-ethyl adjacent to an activating group) is 1. The summed E-state index contributed by atoms with van der Waals surface area (Å²) < 4.78 is 34.5. The van der Waals surface area contributed by atoms with E-state index in [1.54, 1.807) is 0 Å². The van der Waals surface area contributed by atoms with E-state index in [0.717, 1.165) is 128 Å². The SMILES string of the molecule is CC/C=C\C/C=C\C/C=C\C/C=C\C/C=C\C/C=C\C/C=C\C/C=C\C/C=C\CCCCCCCCCCCCCCCC(=O)OC(COC(=O)CCCCCCC/C=C\C/C=C\CCCC)COP(=O)(O)OCC[N+](C)(C)C. The number of allylic oxidation sites excluding steroid dienone is 22. The maximum absolute atomic E-state index is 12.8. The lowest BCUT2D eigenvalue weighted by atomic mass is 10.0. The van der Waals surface area contributed by atoms with Crippen molar-refractivity contribution < 1.29 is 42.1 Å². The molecule has 0 rings (SSSR count). The summed E-state index contributed by atoms with van der Waals surface area (Å²) in [5.74, 6) is -0.820. The molecule has 0 amide bonds. The van der Waals surface area contributed by atoms with E-state index in [-0.39, 0.29) is 32.0 Å². The molecule has 1 N–H and O–H groups in total. The zero-order valence-electron chi connectivity index (χ0n) is 51.1. The first-order chi connectivity index (χ1) is 38.5. The molecule has 0 aromatic carbocycles. The number of unbranched alkanes of at least 4 members (excludes halogenated alkanes) is 20. The Bertz CT molecular complexity index is 1790. The Morgan fingerprint density at radius 3 is 1.08 bits per heavy atom. The third kappa shape index (κ3) is 63.2. The van der Waals surface area contributed by atoms with Crippen molar-refractivity contribution in [1.82, 2.24) is 0 Å². The lowest BCUT2D eigenvalue weighted by Gasteiger charge is -2.24. The van der Waals surface area contributed by atoms with Crippen molar-refractivity contribution in [3.05, 3.63) is 134 Å². The number of quaternary nitrogens is 1. The summed E-state index contributed by atoms with van der Waals surface area (Å²) in [7, 11) is 1.46. The van der Waals surface area contributed by atoms with Crippen molar-refractivity contribution in [2.75, 3.05) is 47.5 Å². The molecule has 10 heteroatoms. The van der Waals surface area contributed by atoms with E-state index in [9.17, 15) is 19.0 Å². The molecule has 0 aliphatic rings. The van der Waals surface area contributed by atoms with Crippen molar-refractivity contribution >= 4 is 19.8 Å². The quantitative estimate of drug-likeness (QED) is 0.0211. The Morgan fingerprint density at radius 2 is 0.722 bits per heavy atom. The second kappa shape index (κ2) is 58.8. The molecule has 0 aliphatic heterocycles. The zero-order chi connectivity index (χ0) is 57.7. The lowest BCUT2D eigenvalue weighted by Crippen LogP contribution is -2.37. The molecule has 0 aliphatic carbocycles. The van der Waals surface area contributed by atoms with Gasteiger partial charge in [0, 0.05) is 12.8 Å². The van der Waals surface area contributed by atoms with Crippen molar-refractivity contribution in [2.45, 2.75) is 245 Å². The average molecular weight is 1120 g/mol. The van der Waals surface area contributed by atoms with E-state index in [2.05, 4.69) is 148 Å². The molecule has 0 spiro atoms. The number of hydrogen-bond donors (Lipinski definition) is 1. The highest BCUT2D eigenvalue weighted by molar-refractivity contribution is 7.47. The minimum atomic E-state index is -4.39. The van der Waals surface area contributed by atoms with Gasteiger partial charge in [-0.2, -0.15) is 0 Å². The molecular formula is C69H117NO8P+. The first-order valence-corrected chi connectivity index (χ1v) is 32.9. The fraction of sp³-hybridized carbons (Fsp3) is 0.652. The summed E-state index contributed by atoms with van der Waals surface area (Å²) in [5, 5.41) is 0. The Labute approximate surface area is 485 Å². The van der Waals surface area contributed by atoms with Gasteiger partial charge in [-0.05, 0) is 109 Å². The van der Waals surface area contributed by atoms with E-state index in [1.807, 2.05) is 21.1 Å². The van der Waals surface area contributed by atoms with Gasteiger partial charge in [0.05, 0.1) is 27.7 Å². The van der Waals surface area contributed by atoms with E-state index in [1.165, 1.54) is 77.0 Å². The molecule has 0 saturated carbocycles. The zero-order valence-corrected chi connectivity index (χ0v) is 52.0. The average Bonchev–Trinajstić information content (AvgIpc) is 3.41. The summed E-state index contributed by atoms with van der Waals surface area (Å²) in [6.45, 7) is 4.25. The van der Waals surface area contributed by atoms with Crippen LogP contribution in [0.4, 0.5) is 0 Å². The van der Waals surface area contributed by atoms with Gasteiger partial charge in [0.1, 0.15) is 19.8 Å². The molecule has 0 aromatic heterocycles. The Kier molecular flexibility index (Phi) is 55.9. The van der Waals surface area contributed by atoms with Gasteiger partial charge in [0.2, 0.25) is 0 Å². The normalized spacial score (nSPS) is 14.2. The minimum absolute atomic E-state index is 0.0239. The standard InChI is InChI=1S/C69H116NO8P/c1-6-8-10-12-14-16-18-20-22-23-24-25-26-27-28-29-30-31-32-33-34-35-36-37-38-39-40-41-42-43-44-45-46-47-48-50-52-54-56-58-60-62-69(72)78-67(66-77-79(73,74)76-64-63-70(3,4)5)65-75-68(71)61-59-57-55-53-51-49-21-19-17-15-13-11-9-7-2/h8,10,13-16,19-22,24-25,27-28,30-31,33-34,36-37,39-40,67H,6-7,9,11-12,17-18,23,26,29,32,35,38,41-66H2,1-5H3/p+1/b10-8-,15-13-,16-14-,21-19-,22-20-,25-24-,28-27-,31-30-,34-33-,37-36-,40-39-. The Balaban J connectivity index is 4.04. The van der Waals surface area contributed by atoms with Gasteiger partial charge in [0.25, 0.3) is 0 Å². The summed E-state index contributed by atoms with van der Waals surface area (Å²) in [5.41, 5.74) is 0. The number of hydrogen-bond acceptors (Lipinski definition) is 7. The Hall–Kier alpha value is -3.85. The largest absolute Gasteiger partial charge is 0.472 e. The van der Waals surface area contributed by atoms with Crippen LogP contribution < -0.4 is 0 Å². The van der Waals surface area contributed by atoms with Gasteiger partial charge in [0.15, 0.2) is 6.10 Å². The number of nitrogens with zero attached hydrogens (tertiary/aromatic N) is 1. The molecule has 0 aromatic rings. The molecule has 0 fully saturated rings. The van der Waals surface area contributed by atoms with Crippen LogP contribution in [0.3, 0.4) is 0 Å². The van der Waals surface area contributed by atoms with Crippen LogP contribution >= 0.6 is 7.82 Å². The molecule has 0 bridgehead atoms. The highest BCUT2D eigenvalue weighted by atomic mass is 31.2. The summed E-state index contributed by atoms with van der Waals surface area (Å²) in [4.78, 5) is 35.6. The third-order valence-corrected chi connectivity index (χ3v) is 13.9. The fourth-order valence-electron chi connectivity index (χ4n) is 8.08. The number of phosphoric acid groups is 1. The molecule has 79 heavy (non-hydrogen) atoms. The highest BCUT2D eigenvalue weighted by Crippen LogP contribution is 2.43. The van der Waals surface area contributed by atoms with Crippen LogP contribution in [0.15, 0.2) is 134 Å². The summed E-state index contributed by atoms with van der Waals surface area (Å²) >= 11 is 0. The van der Waals surface area contributed by atoms with Gasteiger partial charge in [-0.15, -0.1) is 0 Å². The van der Waals surface area contributed by atoms with Crippen molar-refractivity contribution in [1.29, 1.82) is 0 Å². The van der Waals surface area contributed by atoms with Gasteiger partial charge < -0.3 is 18.9 Å². The highest BCUT2D eigenvalue weighted by Gasteiger charge is 2.27. The van der Waals surface area contributed by atoms with Crippen LogP contribution in [0, 0.1) is 0 Å². The third-order valence-electron chi connectivity index (χ3n) is 12.9. The molecule has 2 atom stereocenters. The number of rotatable bonds is 56. The molecule has 0 heterocycles. The molecule has 9 nitrogen and oxygen atoms in total. The van der Waals surface area contributed by atoms with Crippen LogP contribution in [-0.4, -0.2) is 74.9 Å². The van der Waals surface area contributed by atoms with Gasteiger partial charge in [-0.25, -0.2) is 4.57 Å². The van der Waals surface area contributed by atoms with E-state index in [0.29, 0.717) is 17.4 Å². The minimum Gasteiger partial charge on any atom is -0.462 e. The number of carbonyl (C=O) groups excluding carboxylic acids is 2. The molecule has 0 saturated heterocycles. The van der Waals surface area contributed by atoms with Crippen LogP contribution in [-0.2, 0) is 32.7 Å². The molecule has 450 valence electrons. The van der Waals surface area contributed by atoms with Crippen molar-refractivity contribution in [3.8, 4) is 0 Å². The maximum atomic E-state index is 12.8. The number of carbonyl (C=O) groups is 2. The predicted molar refractivity (Wildman–Crippen MR) is 339 cm³/mol. The smallest absolute Gasteiger partial charge is 0.462 e. The monoisotopic (exact) mass is 1120 g/mol. The summed E-state index contributed by atoms with van der Waals surface area (Å²) in [6.07, 6.45) is 85.4. The van der Waals surface area contributed by atoms with E-state index >= 15 is 0 Å². The van der Waals surface area contributed by atoms with Crippen LogP contribution in [0.1, 0.15) is 239 Å². The van der Waals surface area contributed by atoms with Crippen molar-refractivity contribution in [3.63, 3.8) is 0 Å². The second-order valence-corrected chi connectivity index (χ2v) is 23.2. The summed E-state index contributed by atoms with van der Waals surface area (Å²) in [6, 6.07) is 0. The van der Waals surface area contributed by atoms with Gasteiger partial charge in [-0.3, -0.25) is 18.6 Å². The topological polar surface area (TPSA) is 108 Å². The number of phosphoric ester groups is 1.